The second kappa shape index (κ2) is 6.07. The van der Waals surface area contributed by atoms with Gasteiger partial charge in [0.05, 0.1) is 12.1 Å². The highest BCUT2D eigenvalue weighted by molar-refractivity contribution is 5.74. The number of nitrogens with one attached hydrogen (secondary N) is 2. The molecule has 3 rings (SSSR count). The van der Waals surface area contributed by atoms with Gasteiger partial charge in [-0.1, -0.05) is 36.4 Å². The van der Waals surface area contributed by atoms with Crippen LogP contribution in [0, 0.1) is 0 Å². The molecule has 2 aromatic carbocycles. The smallest absolute Gasteiger partial charge is 0.315 e. The molecule has 0 radical (unpaired) electrons. The van der Waals surface area contributed by atoms with Crippen LogP contribution in [0.3, 0.4) is 0 Å². The Labute approximate surface area is 128 Å². The van der Waals surface area contributed by atoms with Crippen molar-refractivity contribution < 1.29 is 15.0 Å². The quantitative estimate of drug-likeness (QED) is 0.698. The largest absolute Gasteiger partial charge is 0.508 e. The van der Waals surface area contributed by atoms with Crippen molar-refractivity contribution in [1.29, 1.82) is 0 Å². The fourth-order valence-corrected chi connectivity index (χ4v) is 2.74. The highest BCUT2D eigenvalue weighted by Gasteiger charge is 2.31. The summed E-state index contributed by atoms with van der Waals surface area (Å²) in [6, 6.07) is 13.7. The number of carbonyl (C=O) groups excluding carboxylic acids is 1. The standard InChI is InChI=1S/C17H18N2O3/c20-13-7-5-11(6-8-13)10-18-17(22)19-16-14-4-2-1-3-12(14)9-15(16)21/h1-8,15-16,20-21H,9-10H2,(H2,18,19,22). The SMILES string of the molecule is O=C(NCc1ccc(O)cc1)NC1c2ccccc2CC1O. The van der Waals surface area contributed by atoms with Gasteiger partial charge in [-0.25, -0.2) is 4.79 Å². The summed E-state index contributed by atoms with van der Waals surface area (Å²) in [4.78, 5) is 12.0. The molecule has 0 aromatic heterocycles. The molecular weight excluding hydrogens is 280 g/mol. The molecule has 0 saturated carbocycles. The number of phenolic OH excluding ortho intramolecular Hbond substituents is 1. The third-order valence-electron chi connectivity index (χ3n) is 3.88. The first-order valence-electron chi connectivity index (χ1n) is 7.21. The normalized spacial score (nSPS) is 19.5. The van der Waals surface area contributed by atoms with Crippen molar-refractivity contribution in [2.75, 3.05) is 0 Å². The molecule has 4 N–H and O–H groups in total. The number of fused-ring (bicyclic) bond motifs is 1. The Morgan fingerprint density at radius 3 is 2.64 bits per heavy atom. The van der Waals surface area contributed by atoms with Gasteiger partial charge in [-0.2, -0.15) is 0 Å². The highest BCUT2D eigenvalue weighted by atomic mass is 16.3. The zero-order chi connectivity index (χ0) is 15.5. The summed E-state index contributed by atoms with van der Waals surface area (Å²) in [7, 11) is 0. The predicted octanol–water partition coefficient (Wildman–Crippen LogP) is 1.85. The number of benzene rings is 2. The zero-order valence-electron chi connectivity index (χ0n) is 12.0. The van der Waals surface area contributed by atoms with Gasteiger partial charge in [0.1, 0.15) is 5.75 Å². The Morgan fingerprint density at radius 1 is 1.14 bits per heavy atom. The number of carbonyl (C=O) groups is 1. The maximum Gasteiger partial charge on any atom is 0.315 e. The van der Waals surface area contributed by atoms with E-state index < -0.39 is 6.10 Å². The molecular formula is C17H18N2O3. The number of urea groups is 1. The third kappa shape index (κ3) is 3.04. The molecule has 5 nitrogen and oxygen atoms in total. The number of phenols is 1. The maximum atomic E-state index is 12.0. The van der Waals surface area contributed by atoms with Crippen molar-refractivity contribution >= 4 is 6.03 Å². The van der Waals surface area contributed by atoms with Crippen molar-refractivity contribution in [3.8, 4) is 5.75 Å². The Morgan fingerprint density at radius 2 is 1.86 bits per heavy atom. The van der Waals surface area contributed by atoms with Gasteiger partial charge >= 0.3 is 6.03 Å². The Balaban J connectivity index is 1.59. The van der Waals surface area contributed by atoms with Gasteiger partial charge in [-0.05, 0) is 28.8 Å². The van der Waals surface area contributed by atoms with Crippen molar-refractivity contribution in [2.45, 2.75) is 25.1 Å². The molecule has 114 valence electrons. The molecule has 5 heteroatoms. The van der Waals surface area contributed by atoms with Gasteiger partial charge in [0.2, 0.25) is 0 Å². The second-order valence-electron chi connectivity index (χ2n) is 5.44. The summed E-state index contributed by atoms with van der Waals surface area (Å²) >= 11 is 0. The molecule has 2 amide bonds. The van der Waals surface area contributed by atoms with Crippen LogP contribution in [0.2, 0.25) is 0 Å². The monoisotopic (exact) mass is 298 g/mol. The predicted molar refractivity (Wildman–Crippen MR) is 82.4 cm³/mol. The van der Waals surface area contributed by atoms with E-state index in [2.05, 4.69) is 10.6 Å². The number of aliphatic hydroxyl groups excluding tert-OH is 1. The number of hydrogen-bond acceptors (Lipinski definition) is 3. The van der Waals surface area contributed by atoms with E-state index >= 15 is 0 Å². The minimum Gasteiger partial charge on any atom is -0.508 e. The van der Waals surface area contributed by atoms with Crippen molar-refractivity contribution in [3.05, 3.63) is 65.2 Å². The summed E-state index contributed by atoms with van der Waals surface area (Å²) in [6.45, 7) is 0.358. The van der Waals surface area contributed by atoms with Gasteiger partial charge in [0.25, 0.3) is 0 Å². The van der Waals surface area contributed by atoms with Gasteiger partial charge in [0.15, 0.2) is 0 Å². The van der Waals surface area contributed by atoms with Crippen LogP contribution in [0.25, 0.3) is 0 Å². The zero-order valence-corrected chi connectivity index (χ0v) is 12.0. The molecule has 0 aliphatic heterocycles. The molecule has 0 bridgehead atoms. The Hall–Kier alpha value is -2.53. The van der Waals surface area contributed by atoms with Crippen LogP contribution in [0.1, 0.15) is 22.7 Å². The molecule has 0 spiro atoms. The molecule has 22 heavy (non-hydrogen) atoms. The van der Waals surface area contributed by atoms with E-state index in [4.69, 9.17) is 0 Å². The summed E-state index contributed by atoms with van der Waals surface area (Å²) in [5.74, 6) is 0.193. The fraction of sp³-hybridized carbons (Fsp3) is 0.235. The van der Waals surface area contributed by atoms with Crippen LogP contribution in [-0.2, 0) is 13.0 Å². The number of amides is 2. The average molecular weight is 298 g/mol. The first-order chi connectivity index (χ1) is 10.6. The van der Waals surface area contributed by atoms with Crippen LogP contribution >= 0.6 is 0 Å². The molecule has 2 aromatic rings. The van der Waals surface area contributed by atoms with Crippen molar-refractivity contribution in [3.63, 3.8) is 0 Å². The van der Waals surface area contributed by atoms with Gasteiger partial charge < -0.3 is 20.8 Å². The minimum atomic E-state index is -0.600. The molecule has 1 aliphatic rings. The van der Waals surface area contributed by atoms with E-state index in [1.165, 1.54) is 0 Å². The molecule has 1 aliphatic carbocycles. The summed E-state index contributed by atoms with van der Waals surface area (Å²) < 4.78 is 0. The molecule has 2 unspecified atom stereocenters. The molecule has 2 atom stereocenters. The van der Waals surface area contributed by atoms with E-state index in [1.807, 2.05) is 24.3 Å². The van der Waals surface area contributed by atoms with Crippen LogP contribution in [0.4, 0.5) is 4.79 Å². The van der Waals surface area contributed by atoms with Crippen molar-refractivity contribution in [2.24, 2.45) is 0 Å². The lowest BCUT2D eigenvalue weighted by Crippen LogP contribution is -2.40. The van der Waals surface area contributed by atoms with Crippen LogP contribution < -0.4 is 10.6 Å². The van der Waals surface area contributed by atoms with Crippen molar-refractivity contribution in [1.82, 2.24) is 10.6 Å². The number of hydrogen-bond donors (Lipinski definition) is 4. The highest BCUT2D eigenvalue weighted by Crippen LogP contribution is 2.31. The summed E-state index contributed by atoms with van der Waals surface area (Å²) in [5, 5.41) is 24.9. The number of aliphatic hydroxyl groups is 1. The van der Waals surface area contributed by atoms with Gasteiger partial charge in [-0.3, -0.25) is 0 Å². The lowest BCUT2D eigenvalue weighted by atomic mass is 10.1. The second-order valence-corrected chi connectivity index (χ2v) is 5.44. The fourth-order valence-electron chi connectivity index (χ4n) is 2.74. The maximum absolute atomic E-state index is 12.0. The van der Waals surface area contributed by atoms with Crippen LogP contribution in [-0.4, -0.2) is 22.3 Å². The lowest BCUT2D eigenvalue weighted by molar-refractivity contribution is 0.142. The van der Waals surface area contributed by atoms with E-state index in [1.54, 1.807) is 24.3 Å². The Bertz CT molecular complexity index is 670. The number of rotatable bonds is 3. The van der Waals surface area contributed by atoms with E-state index in [0.717, 1.165) is 16.7 Å². The van der Waals surface area contributed by atoms with Gasteiger partial charge in [0, 0.05) is 13.0 Å². The summed E-state index contributed by atoms with van der Waals surface area (Å²) in [5.41, 5.74) is 2.92. The van der Waals surface area contributed by atoms with Crippen LogP contribution in [0.5, 0.6) is 5.75 Å². The topological polar surface area (TPSA) is 81.6 Å². The van der Waals surface area contributed by atoms with E-state index in [0.29, 0.717) is 13.0 Å². The van der Waals surface area contributed by atoms with E-state index in [-0.39, 0.29) is 17.8 Å². The molecule has 0 heterocycles. The third-order valence-corrected chi connectivity index (χ3v) is 3.88. The number of aromatic hydroxyl groups is 1. The van der Waals surface area contributed by atoms with Crippen LogP contribution in [0.15, 0.2) is 48.5 Å². The first kappa shape index (κ1) is 14.4. The Kier molecular flexibility index (Phi) is 3.98. The summed E-state index contributed by atoms with van der Waals surface area (Å²) in [6.07, 6.45) is -0.0455. The van der Waals surface area contributed by atoms with E-state index in [9.17, 15) is 15.0 Å². The minimum absolute atomic E-state index is 0.193. The lowest BCUT2D eigenvalue weighted by Gasteiger charge is -2.18. The average Bonchev–Trinajstić information content (AvgIpc) is 2.83. The first-order valence-corrected chi connectivity index (χ1v) is 7.21. The molecule has 0 saturated heterocycles. The molecule has 0 fully saturated rings. The van der Waals surface area contributed by atoms with Gasteiger partial charge in [-0.15, -0.1) is 0 Å².